The van der Waals surface area contributed by atoms with Crippen LogP contribution < -0.4 is 0 Å². The van der Waals surface area contributed by atoms with E-state index in [0.717, 1.165) is 5.39 Å². The van der Waals surface area contributed by atoms with E-state index < -0.39 is 16.7 Å². The summed E-state index contributed by atoms with van der Waals surface area (Å²) < 4.78 is 0. The van der Waals surface area contributed by atoms with Crippen LogP contribution in [0.15, 0.2) is 36.4 Å². The Kier molecular flexibility index (Phi) is 3.74. The number of benzene rings is 2. The quantitative estimate of drug-likeness (QED) is 0.512. The molecule has 0 saturated heterocycles. The lowest BCUT2D eigenvalue weighted by atomic mass is 9.98. The molecule has 0 aromatic heterocycles. The van der Waals surface area contributed by atoms with Gasteiger partial charge in [-0.25, -0.2) is 4.79 Å². The zero-order valence-electron chi connectivity index (χ0n) is 10.4. The lowest BCUT2D eigenvalue weighted by Crippen LogP contribution is -2.13. The van der Waals surface area contributed by atoms with E-state index in [0.29, 0.717) is 10.9 Å². The Morgan fingerprint density at radius 1 is 1.15 bits per heavy atom. The zero-order valence-corrected chi connectivity index (χ0v) is 10.4. The maximum absolute atomic E-state index is 11.2. The fraction of sp³-hybridized carbons (Fsp3) is 0.143. The van der Waals surface area contributed by atoms with Crippen LogP contribution in [0.4, 0.5) is 5.69 Å². The fourth-order valence-corrected chi connectivity index (χ4v) is 2.10. The van der Waals surface area contributed by atoms with Crippen molar-refractivity contribution >= 4 is 28.2 Å². The Morgan fingerprint density at radius 3 is 2.50 bits per heavy atom. The first-order chi connectivity index (χ1) is 9.50. The highest BCUT2D eigenvalue weighted by atomic mass is 16.6. The number of hydrogen-bond acceptors (Lipinski definition) is 4. The first-order valence-electron chi connectivity index (χ1n) is 5.92. The Bertz CT molecular complexity index is 708. The summed E-state index contributed by atoms with van der Waals surface area (Å²) in [5, 5.41) is 21.1. The molecule has 20 heavy (non-hydrogen) atoms. The SMILES string of the molecule is O=C(O)C(=O)CCc1c([N+](=O)[O-])ccc2ccccc12. The number of nitro benzene ring substituents is 1. The van der Waals surface area contributed by atoms with Crippen molar-refractivity contribution in [3.05, 3.63) is 52.1 Å². The van der Waals surface area contributed by atoms with Crippen molar-refractivity contribution in [2.75, 3.05) is 0 Å². The summed E-state index contributed by atoms with van der Waals surface area (Å²) in [6, 6.07) is 10.1. The number of rotatable bonds is 5. The monoisotopic (exact) mass is 273 g/mol. The van der Waals surface area contributed by atoms with E-state index >= 15 is 0 Å². The number of aryl methyl sites for hydroxylation is 1. The molecule has 0 fully saturated rings. The van der Waals surface area contributed by atoms with Gasteiger partial charge >= 0.3 is 5.97 Å². The average Bonchev–Trinajstić information content (AvgIpc) is 2.43. The van der Waals surface area contributed by atoms with E-state index in [4.69, 9.17) is 5.11 Å². The molecule has 0 saturated carbocycles. The molecule has 0 radical (unpaired) electrons. The number of nitro groups is 1. The number of fused-ring (bicyclic) bond motifs is 1. The van der Waals surface area contributed by atoms with Gasteiger partial charge in [0, 0.05) is 18.1 Å². The second kappa shape index (κ2) is 5.48. The number of Topliss-reactive ketones (excluding diaryl/α,β-unsaturated/α-hetero) is 1. The van der Waals surface area contributed by atoms with Gasteiger partial charge in [0.2, 0.25) is 5.78 Å². The predicted molar refractivity (Wildman–Crippen MR) is 71.6 cm³/mol. The number of nitrogens with zero attached hydrogens (tertiary/aromatic N) is 1. The molecule has 1 N–H and O–H groups in total. The summed E-state index contributed by atoms with van der Waals surface area (Å²) >= 11 is 0. The summed E-state index contributed by atoms with van der Waals surface area (Å²) in [4.78, 5) is 32.2. The number of hydrogen-bond donors (Lipinski definition) is 1. The third-order valence-corrected chi connectivity index (χ3v) is 3.05. The molecule has 0 heterocycles. The van der Waals surface area contributed by atoms with Crippen LogP contribution in [0.25, 0.3) is 10.8 Å². The van der Waals surface area contributed by atoms with Gasteiger partial charge in [-0.15, -0.1) is 0 Å². The molecule has 0 aliphatic heterocycles. The highest BCUT2D eigenvalue weighted by Crippen LogP contribution is 2.29. The molecule has 6 heteroatoms. The summed E-state index contributed by atoms with van der Waals surface area (Å²) in [5.74, 6) is -2.47. The van der Waals surface area contributed by atoms with Crippen LogP contribution >= 0.6 is 0 Å². The van der Waals surface area contributed by atoms with Crippen LogP contribution in [0.1, 0.15) is 12.0 Å². The molecule has 2 rings (SSSR count). The summed E-state index contributed by atoms with van der Waals surface area (Å²) in [5.41, 5.74) is 0.296. The summed E-state index contributed by atoms with van der Waals surface area (Å²) in [6.07, 6.45) is -0.229. The highest BCUT2D eigenvalue weighted by Gasteiger charge is 2.19. The molecule has 0 bridgehead atoms. The third-order valence-electron chi connectivity index (χ3n) is 3.05. The normalized spacial score (nSPS) is 10.4. The standard InChI is InChI=1S/C14H11NO5/c16-13(14(17)18)8-6-11-10-4-2-1-3-9(10)5-7-12(11)15(19)20/h1-5,7H,6,8H2,(H,17,18). The second-order valence-corrected chi connectivity index (χ2v) is 4.27. The lowest BCUT2D eigenvalue weighted by Gasteiger charge is -2.06. The van der Waals surface area contributed by atoms with E-state index in [-0.39, 0.29) is 18.5 Å². The van der Waals surface area contributed by atoms with E-state index in [9.17, 15) is 19.7 Å². The second-order valence-electron chi connectivity index (χ2n) is 4.27. The van der Waals surface area contributed by atoms with Crippen LogP contribution in [0.2, 0.25) is 0 Å². The topological polar surface area (TPSA) is 97.5 Å². The van der Waals surface area contributed by atoms with Crippen LogP contribution in [-0.4, -0.2) is 21.8 Å². The summed E-state index contributed by atoms with van der Waals surface area (Å²) in [7, 11) is 0. The van der Waals surface area contributed by atoms with E-state index in [1.54, 1.807) is 24.3 Å². The number of carbonyl (C=O) groups excluding carboxylic acids is 1. The molecule has 0 unspecified atom stereocenters. The Morgan fingerprint density at radius 2 is 1.85 bits per heavy atom. The minimum Gasteiger partial charge on any atom is -0.476 e. The van der Waals surface area contributed by atoms with Crippen LogP contribution in [0.5, 0.6) is 0 Å². The number of carboxylic acids is 1. The Balaban J connectivity index is 2.47. The molecular formula is C14H11NO5. The van der Waals surface area contributed by atoms with Gasteiger partial charge in [0.1, 0.15) is 0 Å². The van der Waals surface area contributed by atoms with Gasteiger partial charge < -0.3 is 5.11 Å². The van der Waals surface area contributed by atoms with Crippen molar-refractivity contribution in [1.29, 1.82) is 0 Å². The van der Waals surface area contributed by atoms with Gasteiger partial charge in [0.25, 0.3) is 5.69 Å². The van der Waals surface area contributed by atoms with Crippen molar-refractivity contribution in [1.82, 2.24) is 0 Å². The lowest BCUT2D eigenvalue weighted by molar-refractivity contribution is -0.385. The average molecular weight is 273 g/mol. The van der Waals surface area contributed by atoms with Crippen molar-refractivity contribution in [3.63, 3.8) is 0 Å². The number of aliphatic carboxylic acids is 1. The first-order valence-corrected chi connectivity index (χ1v) is 5.92. The van der Waals surface area contributed by atoms with Crippen molar-refractivity contribution in [2.24, 2.45) is 0 Å². The van der Waals surface area contributed by atoms with Crippen LogP contribution in [0, 0.1) is 10.1 Å². The van der Waals surface area contributed by atoms with E-state index in [2.05, 4.69) is 0 Å². The van der Waals surface area contributed by atoms with Gasteiger partial charge in [-0.2, -0.15) is 0 Å². The van der Waals surface area contributed by atoms with Crippen LogP contribution in [-0.2, 0) is 16.0 Å². The predicted octanol–water partition coefficient (Wildman–Crippen LogP) is 2.33. The maximum Gasteiger partial charge on any atom is 0.372 e. The van der Waals surface area contributed by atoms with Gasteiger partial charge in [0.15, 0.2) is 0 Å². The maximum atomic E-state index is 11.2. The Hall–Kier alpha value is -2.76. The Labute approximate surface area is 113 Å². The first kappa shape index (κ1) is 13.7. The van der Waals surface area contributed by atoms with Gasteiger partial charge in [-0.3, -0.25) is 14.9 Å². The smallest absolute Gasteiger partial charge is 0.372 e. The van der Waals surface area contributed by atoms with E-state index in [1.807, 2.05) is 6.07 Å². The van der Waals surface area contributed by atoms with Gasteiger partial charge in [0.05, 0.1) is 4.92 Å². The molecular weight excluding hydrogens is 262 g/mol. The number of ketones is 1. The van der Waals surface area contributed by atoms with Crippen LogP contribution in [0.3, 0.4) is 0 Å². The fourth-order valence-electron chi connectivity index (χ4n) is 2.10. The molecule has 0 amide bonds. The van der Waals surface area contributed by atoms with Crippen molar-refractivity contribution in [3.8, 4) is 0 Å². The molecule has 2 aromatic carbocycles. The molecule has 0 aliphatic carbocycles. The molecule has 0 aliphatic rings. The highest BCUT2D eigenvalue weighted by molar-refractivity contribution is 6.32. The molecule has 102 valence electrons. The minimum atomic E-state index is -1.52. The van der Waals surface area contributed by atoms with E-state index in [1.165, 1.54) is 6.07 Å². The van der Waals surface area contributed by atoms with Gasteiger partial charge in [-0.1, -0.05) is 24.3 Å². The number of carbonyl (C=O) groups is 2. The summed E-state index contributed by atoms with van der Waals surface area (Å²) in [6.45, 7) is 0. The largest absolute Gasteiger partial charge is 0.476 e. The molecule has 0 spiro atoms. The van der Waals surface area contributed by atoms with Crippen molar-refractivity contribution in [2.45, 2.75) is 12.8 Å². The third kappa shape index (κ3) is 2.64. The molecule has 6 nitrogen and oxygen atoms in total. The number of carboxylic acid groups (broad SMARTS) is 1. The van der Waals surface area contributed by atoms with Crippen molar-refractivity contribution < 1.29 is 19.6 Å². The van der Waals surface area contributed by atoms with Gasteiger partial charge in [-0.05, 0) is 23.3 Å². The molecule has 2 aromatic rings. The molecule has 0 atom stereocenters. The minimum absolute atomic E-state index is 0.0306. The zero-order chi connectivity index (χ0) is 14.7.